The van der Waals surface area contributed by atoms with E-state index < -0.39 is 0 Å². The van der Waals surface area contributed by atoms with Gasteiger partial charge in [-0.3, -0.25) is 9.69 Å². The maximum atomic E-state index is 13.2. The molecule has 0 saturated carbocycles. The number of benzene rings is 2. The van der Waals surface area contributed by atoms with Crippen LogP contribution in [0.25, 0.3) is 0 Å². The molecule has 27 heavy (non-hydrogen) atoms. The van der Waals surface area contributed by atoms with Crippen LogP contribution >= 0.6 is 24.0 Å². The minimum atomic E-state index is -0.277. The molecule has 0 N–H and O–H groups in total. The summed E-state index contributed by atoms with van der Waals surface area (Å²) >= 11 is 7.33. The lowest BCUT2D eigenvalue weighted by Crippen LogP contribution is -2.40. The monoisotopic (exact) mass is 400 g/mol. The topological polar surface area (TPSA) is 42.0 Å². The molecule has 2 aromatic rings. The van der Waals surface area contributed by atoms with Crippen LogP contribution in [0, 0.1) is 0 Å². The van der Waals surface area contributed by atoms with Crippen molar-refractivity contribution in [3.63, 3.8) is 0 Å². The van der Waals surface area contributed by atoms with E-state index in [4.69, 9.17) is 21.7 Å². The van der Waals surface area contributed by atoms with E-state index in [1.54, 1.807) is 30.9 Å². The number of nitrogens with zero attached hydrogens (tertiary/aromatic N) is 2. The molecule has 1 unspecified atom stereocenters. The van der Waals surface area contributed by atoms with E-state index in [1.165, 1.54) is 0 Å². The van der Waals surface area contributed by atoms with Crippen molar-refractivity contribution in [2.24, 2.45) is 0 Å². The summed E-state index contributed by atoms with van der Waals surface area (Å²) in [5, 5.41) is 0.559. The zero-order valence-corrected chi connectivity index (χ0v) is 17.0. The number of ether oxygens (including phenoxy) is 2. The molecule has 4 rings (SSSR count). The van der Waals surface area contributed by atoms with Crippen LogP contribution in [0.1, 0.15) is 11.1 Å². The molecule has 0 aliphatic carbocycles. The van der Waals surface area contributed by atoms with Crippen LogP contribution in [0.2, 0.25) is 0 Å². The quantitative estimate of drug-likeness (QED) is 0.578. The number of carbonyl (C=O) groups excluding carboxylic acids is 1. The number of methoxy groups -OCH3 is 2. The molecule has 0 bridgehead atoms. The summed E-state index contributed by atoms with van der Waals surface area (Å²) in [6.07, 6.45) is 2.62. The lowest BCUT2D eigenvalue weighted by atomic mass is 9.94. The third kappa shape index (κ3) is 2.95. The zero-order chi connectivity index (χ0) is 19.1. The predicted molar refractivity (Wildman–Crippen MR) is 111 cm³/mol. The molecule has 1 fully saturated rings. The number of thioether (sulfide) groups is 1. The zero-order valence-electron chi connectivity index (χ0n) is 15.4. The van der Waals surface area contributed by atoms with Crippen LogP contribution in [-0.2, 0) is 17.8 Å². The number of hydrogen-bond acceptors (Lipinski definition) is 5. The Kier molecular flexibility index (Phi) is 4.74. The number of hydrogen-bond donors (Lipinski definition) is 0. The minimum Gasteiger partial charge on any atom is -0.493 e. The van der Waals surface area contributed by atoms with Gasteiger partial charge in [-0.05, 0) is 59.9 Å². The van der Waals surface area contributed by atoms with Gasteiger partial charge in [0.25, 0.3) is 5.91 Å². The van der Waals surface area contributed by atoms with Gasteiger partial charge < -0.3 is 14.4 Å². The lowest BCUT2D eigenvalue weighted by Gasteiger charge is -2.31. The second-order valence-corrected chi connectivity index (χ2v) is 7.73. The third-order valence-electron chi connectivity index (χ3n) is 5.09. The Balaban J connectivity index is 1.70. The van der Waals surface area contributed by atoms with Crippen molar-refractivity contribution in [3.05, 3.63) is 47.5 Å². The third-order valence-corrected chi connectivity index (χ3v) is 6.23. The van der Waals surface area contributed by atoms with Gasteiger partial charge in [-0.1, -0.05) is 6.07 Å². The molecule has 0 aromatic heterocycles. The predicted octanol–water partition coefficient (Wildman–Crippen LogP) is 3.48. The van der Waals surface area contributed by atoms with Gasteiger partial charge >= 0.3 is 0 Å². The van der Waals surface area contributed by atoms with Crippen LogP contribution < -0.4 is 14.4 Å². The van der Waals surface area contributed by atoms with Crippen molar-refractivity contribution >= 4 is 40.7 Å². The van der Waals surface area contributed by atoms with E-state index in [0.29, 0.717) is 29.6 Å². The largest absolute Gasteiger partial charge is 0.493 e. The molecular weight excluding hydrogens is 380 g/mol. The number of carbonyl (C=O) groups is 1. The maximum absolute atomic E-state index is 13.2. The highest BCUT2D eigenvalue weighted by atomic mass is 32.2. The molecule has 2 aromatic carbocycles. The van der Waals surface area contributed by atoms with Gasteiger partial charge in [0.2, 0.25) is 0 Å². The van der Waals surface area contributed by atoms with Crippen molar-refractivity contribution in [1.82, 2.24) is 4.90 Å². The summed E-state index contributed by atoms with van der Waals surface area (Å²) in [6.45, 7) is 0.587. The molecular formula is C20H20N2O3S2. The molecule has 2 aliphatic rings. The summed E-state index contributed by atoms with van der Waals surface area (Å²) in [6, 6.07) is 11.6. The number of rotatable bonds is 4. The van der Waals surface area contributed by atoms with Crippen LogP contribution in [0.4, 0.5) is 5.69 Å². The standard InChI is InChI=1S/C20H20N2O3S2/c1-24-17-8-12-7-16-19(23)22(14-5-4-6-15(10-14)27-3)20(26)21(16)11-13(12)9-18(17)25-2/h4-6,8-10,16H,7,11H2,1-3H3. The first-order valence-corrected chi connectivity index (χ1v) is 10.2. The summed E-state index contributed by atoms with van der Waals surface area (Å²) < 4.78 is 10.8. The van der Waals surface area contributed by atoms with Gasteiger partial charge in [-0.25, -0.2) is 0 Å². The van der Waals surface area contributed by atoms with Gasteiger partial charge in [0, 0.05) is 17.9 Å². The first-order chi connectivity index (χ1) is 13.1. The summed E-state index contributed by atoms with van der Waals surface area (Å²) in [7, 11) is 3.25. The smallest absolute Gasteiger partial charge is 0.256 e. The Morgan fingerprint density at radius 1 is 1.11 bits per heavy atom. The Labute approximate surface area is 168 Å². The van der Waals surface area contributed by atoms with Crippen molar-refractivity contribution in [1.29, 1.82) is 0 Å². The van der Waals surface area contributed by atoms with Crippen LogP contribution in [0.5, 0.6) is 11.5 Å². The molecule has 5 nitrogen and oxygen atoms in total. The fraction of sp³-hybridized carbons (Fsp3) is 0.300. The molecule has 0 spiro atoms. The number of thiocarbonyl (C=S) groups is 1. The highest BCUT2D eigenvalue weighted by Gasteiger charge is 2.45. The Morgan fingerprint density at radius 3 is 2.48 bits per heavy atom. The van der Waals surface area contributed by atoms with Gasteiger partial charge in [0.05, 0.1) is 19.9 Å². The number of amides is 1. The summed E-state index contributed by atoms with van der Waals surface area (Å²) in [5.41, 5.74) is 3.04. The van der Waals surface area contributed by atoms with Crippen molar-refractivity contribution < 1.29 is 14.3 Å². The van der Waals surface area contributed by atoms with E-state index >= 15 is 0 Å². The average Bonchev–Trinajstić information content (AvgIpc) is 2.95. The van der Waals surface area contributed by atoms with Gasteiger partial charge in [-0.15, -0.1) is 11.8 Å². The normalized spacial score (nSPS) is 18.4. The SMILES string of the molecule is COc1cc2c(cc1OC)CN1C(=S)N(c3cccc(SC)c3)C(=O)C1C2. The van der Waals surface area contributed by atoms with Crippen molar-refractivity contribution in [2.75, 3.05) is 25.4 Å². The number of anilines is 1. The van der Waals surface area contributed by atoms with E-state index in [9.17, 15) is 4.79 Å². The van der Waals surface area contributed by atoms with Crippen LogP contribution in [-0.4, -0.2) is 42.4 Å². The summed E-state index contributed by atoms with van der Waals surface area (Å²) in [4.78, 5) is 18.0. The second-order valence-electron chi connectivity index (χ2n) is 6.48. The summed E-state index contributed by atoms with van der Waals surface area (Å²) in [5.74, 6) is 1.40. The second kappa shape index (κ2) is 7.05. The molecule has 2 heterocycles. The van der Waals surface area contributed by atoms with E-state index in [0.717, 1.165) is 21.7 Å². The van der Waals surface area contributed by atoms with E-state index in [2.05, 4.69) is 0 Å². The molecule has 2 aliphatic heterocycles. The van der Waals surface area contributed by atoms with Gasteiger partial charge in [0.1, 0.15) is 6.04 Å². The van der Waals surface area contributed by atoms with Gasteiger partial charge in [0.15, 0.2) is 16.6 Å². The molecule has 0 radical (unpaired) electrons. The Bertz CT molecular complexity index is 880. The average molecular weight is 401 g/mol. The van der Waals surface area contributed by atoms with Gasteiger partial charge in [-0.2, -0.15) is 0 Å². The molecule has 1 saturated heterocycles. The first kappa shape index (κ1) is 18.1. The first-order valence-electron chi connectivity index (χ1n) is 8.59. The Hall–Kier alpha value is -2.25. The molecule has 1 atom stereocenters. The lowest BCUT2D eigenvalue weighted by molar-refractivity contribution is -0.120. The fourth-order valence-corrected chi connectivity index (χ4v) is 4.53. The maximum Gasteiger partial charge on any atom is 0.256 e. The molecule has 1 amide bonds. The van der Waals surface area contributed by atoms with Crippen molar-refractivity contribution in [2.45, 2.75) is 23.9 Å². The minimum absolute atomic E-state index is 0.0266. The van der Waals surface area contributed by atoms with Crippen molar-refractivity contribution in [3.8, 4) is 11.5 Å². The highest BCUT2D eigenvalue weighted by Crippen LogP contribution is 2.38. The number of fused-ring (bicyclic) bond motifs is 2. The Morgan fingerprint density at radius 2 is 1.81 bits per heavy atom. The highest BCUT2D eigenvalue weighted by molar-refractivity contribution is 7.98. The van der Waals surface area contributed by atoms with E-state index in [-0.39, 0.29) is 11.9 Å². The fourth-order valence-electron chi connectivity index (χ4n) is 3.69. The van der Waals surface area contributed by atoms with Crippen LogP contribution in [0.3, 0.4) is 0 Å². The van der Waals surface area contributed by atoms with Crippen LogP contribution in [0.15, 0.2) is 41.3 Å². The molecule has 7 heteroatoms. The molecule has 140 valence electrons. The van der Waals surface area contributed by atoms with E-state index in [1.807, 2.05) is 47.6 Å².